The van der Waals surface area contributed by atoms with Gasteiger partial charge in [-0.2, -0.15) is 8.78 Å². The number of nitrogens with two attached hydrogens (primary N) is 1. The predicted octanol–water partition coefficient (Wildman–Crippen LogP) is 3.76. The second kappa shape index (κ2) is 7.07. The van der Waals surface area contributed by atoms with E-state index >= 15 is 0 Å². The molecule has 2 rings (SSSR count). The minimum absolute atomic E-state index is 0. The van der Waals surface area contributed by atoms with Gasteiger partial charge in [0.05, 0.1) is 6.04 Å². The van der Waals surface area contributed by atoms with Crippen molar-refractivity contribution >= 4 is 12.4 Å². The van der Waals surface area contributed by atoms with Crippen LogP contribution in [0.1, 0.15) is 17.2 Å². The maximum atomic E-state index is 12.0. The van der Waals surface area contributed by atoms with Crippen molar-refractivity contribution in [2.24, 2.45) is 5.73 Å². The number of ether oxygens (including phenoxy) is 1. The lowest BCUT2D eigenvalue weighted by Crippen LogP contribution is -2.11. The Kier molecular flexibility index (Phi) is 5.73. The molecular formula is C14H14ClF2NO. The van der Waals surface area contributed by atoms with Gasteiger partial charge in [0, 0.05) is 0 Å². The van der Waals surface area contributed by atoms with E-state index < -0.39 is 6.61 Å². The molecule has 0 amide bonds. The second-order valence-corrected chi connectivity index (χ2v) is 3.84. The Balaban J connectivity index is 0.00000180. The SMILES string of the molecule is Cl.NC(c1ccccc1)c1ccc(OC(F)F)cc1. The Hall–Kier alpha value is -1.65. The molecule has 0 bridgehead atoms. The van der Waals surface area contributed by atoms with Gasteiger partial charge in [-0.1, -0.05) is 42.5 Å². The Morgan fingerprint density at radius 2 is 1.37 bits per heavy atom. The van der Waals surface area contributed by atoms with E-state index in [1.807, 2.05) is 30.3 Å². The summed E-state index contributed by atoms with van der Waals surface area (Å²) in [6.07, 6.45) is 0. The fourth-order valence-electron chi connectivity index (χ4n) is 1.71. The molecule has 0 aromatic heterocycles. The minimum Gasteiger partial charge on any atom is -0.435 e. The summed E-state index contributed by atoms with van der Waals surface area (Å²) in [4.78, 5) is 0. The molecule has 2 N–H and O–H groups in total. The molecule has 0 heterocycles. The molecule has 2 aromatic carbocycles. The van der Waals surface area contributed by atoms with Crippen LogP contribution in [0.5, 0.6) is 5.75 Å². The number of halogens is 3. The lowest BCUT2D eigenvalue weighted by atomic mass is 10.00. The summed E-state index contributed by atoms with van der Waals surface area (Å²) in [6.45, 7) is -2.81. The molecule has 0 saturated carbocycles. The molecule has 2 aromatic rings. The van der Waals surface area contributed by atoms with Crippen LogP contribution >= 0.6 is 12.4 Å². The average Bonchev–Trinajstić information content (AvgIpc) is 2.39. The molecule has 0 aliphatic heterocycles. The van der Waals surface area contributed by atoms with E-state index in [9.17, 15) is 8.78 Å². The molecule has 0 spiro atoms. The number of hydrogen-bond donors (Lipinski definition) is 1. The third-order valence-electron chi connectivity index (χ3n) is 2.62. The number of rotatable bonds is 4. The normalized spacial score (nSPS) is 11.8. The maximum absolute atomic E-state index is 12.0. The van der Waals surface area contributed by atoms with Crippen LogP contribution in [0.3, 0.4) is 0 Å². The predicted molar refractivity (Wildman–Crippen MR) is 72.8 cm³/mol. The summed E-state index contributed by atoms with van der Waals surface area (Å²) in [5.41, 5.74) is 7.90. The molecule has 102 valence electrons. The van der Waals surface area contributed by atoms with Crippen LogP contribution < -0.4 is 10.5 Å². The van der Waals surface area contributed by atoms with Crippen LogP contribution in [0.15, 0.2) is 54.6 Å². The van der Waals surface area contributed by atoms with Gasteiger partial charge in [-0.25, -0.2) is 0 Å². The van der Waals surface area contributed by atoms with Crippen molar-refractivity contribution in [3.8, 4) is 5.75 Å². The summed E-state index contributed by atoms with van der Waals surface area (Å²) in [7, 11) is 0. The first-order valence-electron chi connectivity index (χ1n) is 5.52. The minimum atomic E-state index is -2.81. The second-order valence-electron chi connectivity index (χ2n) is 3.84. The van der Waals surface area contributed by atoms with Crippen molar-refractivity contribution in [2.75, 3.05) is 0 Å². The largest absolute Gasteiger partial charge is 0.435 e. The third kappa shape index (κ3) is 4.19. The summed E-state index contributed by atoms with van der Waals surface area (Å²) in [6, 6.07) is 15.7. The lowest BCUT2D eigenvalue weighted by molar-refractivity contribution is -0.0498. The molecule has 19 heavy (non-hydrogen) atoms. The van der Waals surface area contributed by atoms with Crippen molar-refractivity contribution in [1.29, 1.82) is 0 Å². The van der Waals surface area contributed by atoms with Crippen molar-refractivity contribution in [1.82, 2.24) is 0 Å². The zero-order valence-corrected chi connectivity index (χ0v) is 10.8. The summed E-state index contributed by atoms with van der Waals surface area (Å²) >= 11 is 0. The zero-order valence-electron chi connectivity index (χ0n) is 10.0. The van der Waals surface area contributed by atoms with Crippen molar-refractivity contribution in [2.45, 2.75) is 12.7 Å². The van der Waals surface area contributed by atoms with Gasteiger partial charge in [-0.05, 0) is 23.3 Å². The van der Waals surface area contributed by atoms with Gasteiger partial charge in [-0.15, -0.1) is 12.4 Å². The van der Waals surface area contributed by atoms with Gasteiger partial charge in [0.25, 0.3) is 0 Å². The van der Waals surface area contributed by atoms with Crippen LogP contribution in [-0.2, 0) is 0 Å². The lowest BCUT2D eigenvalue weighted by Gasteiger charge is -2.13. The van der Waals surface area contributed by atoms with E-state index in [-0.39, 0.29) is 24.2 Å². The van der Waals surface area contributed by atoms with E-state index in [1.165, 1.54) is 12.1 Å². The van der Waals surface area contributed by atoms with Crippen LogP contribution in [-0.4, -0.2) is 6.61 Å². The number of alkyl halides is 2. The van der Waals surface area contributed by atoms with Crippen molar-refractivity contribution in [3.05, 3.63) is 65.7 Å². The molecule has 0 aliphatic rings. The highest BCUT2D eigenvalue weighted by atomic mass is 35.5. The van der Waals surface area contributed by atoms with E-state index in [4.69, 9.17) is 5.73 Å². The first-order chi connectivity index (χ1) is 8.66. The smallest absolute Gasteiger partial charge is 0.387 e. The van der Waals surface area contributed by atoms with E-state index in [1.54, 1.807) is 12.1 Å². The van der Waals surface area contributed by atoms with Gasteiger partial charge in [0.15, 0.2) is 0 Å². The van der Waals surface area contributed by atoms with Gasteiger partial charge in [-0.3, -0.25) is 0 Å². The third-order valence-corrected chi connectivity index (χ3v) is 2.62. The van der Waals surface area contributed by atoms with Crippen molar-refractivity contribution in [3.63, 3.8) is 0 Å². The van der Waals surface area contributed by atoms with Crippen LogP contribution in [0.25, 0.3) is 0 Å². The molecule has 0 radical (unpaired) electrons. The Morgan fingerprint density at radius 1 is 0.842 bits per heavy atom. The monoisotopic (exact) mass is 285 g/mol. The number of hydrogen-bond acceptors (Lipinski definition) is 2. The molecular weight excluding hydrogens is 272 g/mol. The van der Waals surface area contributed by atoms with Crippen LogP contribution in [0.2, 0.25) is 0 Å². The highest BCUT2D eigenvalue weighted by Gasteiger charge is 2.09. The molecule has 0 saturated heterocycles. The van der Waals surface area contributed by atoms with Gasteiger partial charge >= 0.3 is 6.61 Å². The Bertz CT molecular complexity index is 491. The average molecular weight is 286 g/mol. The zero-order chi connectivity index (χ0) is 13.0. The molecule has 1 atom stereocenters. The van der Waals surface area contributed by atoms with Gasteiger partial charge < -0.3 is 10.5 Å². The van der Waals surface area contributed by atoms with Gasteiger partial charge in [0.2, 0.25) is 0 Å². The van der Waals surface area contributed by atoms with E-state index in [2.05, 4.69) is 4.74 Å². The van der Waals surface area contributed by atoms with Gasteiger partial charge in [0.1, 0.15) is 5.75 Å². The maximum Gasteiger partial charge on any atom is 0.387 e. The van der Waals surface area contributed by atoms with Crippen molar-refractivity contribution < 1.29 is 13.5 Å². The molecule has 0 fully saturated rings. The highest BCUT2D eigenvalue weighted by molar-refractivity contribution is 5.85. The molecule has 1 unspecified atom stereocenters. The highest BCUT2D eigenvalue weighted by Crippen LogP contribution is 2.22. The Morgan fingerprint density at radius 3 is 1.89 bits per heavy atom. The molecule has 0 aliphatic carbocycles. The standard InChI is InChI=1S/C14H13F2NO.ClH/c15-14(16)18-12-8-6-11(7-9-12)13(17)10-4-2-1-3-5-10;/h1-9,13-14H,17H2;1H. The first-order valence-corrected chi connectivity index (χ1v) is 5.52. The first kappa shape index (κ1) is 15.4. The summed E-state index contributed by atoms with van der Waals surface area (Å²) in [5, 5.41) is 0. The topological polar surface area (TPSA) is 35.2 Å². The molecule has 5 heteroatoms. The van der Waals surface area contributed by atoms with E-state index in [0.717, 1.165) is 11.1 Å². The van der Waals surface area contributed by atoms with E-state index in [0.29, 0.717) is 0 Å². The summed E-state index contributed by atoms with van der Waals surface area (Å²) < 4.78 is 28.3. The fourth-order valence-corrected chi connectivity index (χ4v) is 1.71. The van der Waals surface area contributed by atoms with Crippen LogP contribution in [0.4, 0.5) is 8.78 Å². The fraction of sp³-hybridized carbons (Fsp3) is 0.143. The Labute approximate surface area is 116 Å². The number of benzene rings is 2. The van der Waals surface area contributed by atoms with Crippen LogP contribution in [0, 0.1) is 0 Å². The quantitative estimate of drug-likeness (QED) is 0.928. The summed E-state index contributed by atoms with van der Waals surface area (Å²) in [5.74, 6) is 0.133. The molecule has 2 nitrogen and oxygen atoms in total.